The van der Waals surface area contributed by atoms with Crippen LogP contribution in [0.4, 0.5) is 0 Å². The maximum atomic E-state index is 5.97. The number of nitrogens with one attached hydrogen (secondary N) is 1. The predicted octanol–water partition coefficient (Wildman–Crippen LogP) is 5.35. The highest BCUT2D eigenvalue weighted by molar-refractivity contribution is 7.71. The van der Waals surface area contributed by atoms with E-state index in [0.717, 1.165) is 28.3 Å². The lowest BCUT2D eigenvalue weighted by atomic mass is 10.2. The van der Waals surface area contributed by atoms with E-state index >= 15 is 0 Å². The van der Waals surface area contributed by atoms with Gasteiger partial charge in [-0.25, -0.2) is 4.68 Å². The molecule has 0 aliphatic rings. The van der Waals surface area contributed by atoms with E-state index in [2.05, 4.69) is 10.1 Å². The van der Waals surface area contributed by atoms with Crippen LogP contribution >= 0.6 is 23.8 Å². The van der Waals surface area contributed by atoms with Crippen molar-refractivity contribution < 1.29 is 0 Å². The molecule has 0 aliphatic carbocycles. The molecule has 25 heavy (non-hydrogen) atoms. The lowest BCUT2D eigenvalue weighted by Crippen LogP contribution is -1.98. The molecule has 0 bridgehead atoms. The SMILES string of the molecule is Cc1c(-c2cn(-c3ccc(Cl)cc3)c(=S)[nH]2)cnn1-c1ccccc1. The van der Waals surface area contributed by atoms with Gasteiger partial charge in [0, 0.05) is 22.5 Å². The van der Waals surface area contributed by atoms with Crippen LogP contribution in [0.25, 0.3) is 22.6 Å². The van der Waals surface area contributed by atoms with E-state index in [1.165, 1.54) is 0 Å². The molecule has 0 saturated heterocycles. The first-order chi connectivity index (χ1) is 12.1. The molecule has 0 radical (unpaired) electrons. The molecule has 2 heterocycles. The second-order valence-corrected chi connectivity index (χ2v) is 6.53. The molecule has 0 fully saturated rings. The zero-order valence-electron chi connectivity index (χ0n) is 13.5. The van der Waals surface area contributed by atoms with Gasteiger partial charge in [0.05, 0.1) is 23.3 Å². The second-order valence-electron chi connectivity index (χ2n) is 5.71. The van der Waals surface area contributed by atoms with Crippen LogP contribution in [-0.2, 0) is 0 Å². The number of aromatic nitrogens is 4. The lowest BCUT2D eigenvalue weighted by molar-refractivity contribution is 0.847. The zero-order valence-corrected chi connectivity index (χ0v) is 15.1. The summed E-state index contributed by atoms with van der Waals surface area (Å²) in [4.78, 5) is 3.27. The fourth-order valence-electron chi connectivity index (χ4n) is 2.83. The van der Waals surface area contributed by atoms with Gasteiger partial charge < -0.3 is 4.98 Å². The van der Waals surface area contributed by atoms with Crippen LogP contribution in [0.15, 0.2) is 67.0 Å². The highest BCUT2D eigenvalue weighted by Gasteiger charge is 2.13. The molecule has 124 valence electrons. The Hall–Kier alpha value is -2.63. The molecule has 0 saturated carbocycles. The van der Waals surface area contributed by atoms with Gasteiger partial charge in [-0.15, -0.1) is 0 Å². The molecule has 2 aromatic heterocycles. The maximum absolute atomic E-state index is 5.97. The largest absolute Gasteiger partial charge is 0.330 e. The van der Waals surface area contributed by atoms with Gasteiger partial charge >= 0.3 is 0 Å². The Morgan fingerprint density at radius 1 is 1.00 bits per heavy atom. The van der Waals surface area contributed by atoms with Gasteiger partial charge in [0.2, 0.25) is 0 Å². The minimum atomic E-state index is 0.629. The van der Waals surface area contributed by atoms with Gasteiger partial charge in [-0.05, 0) is 55.5 Å². The van der Waals surface area contributed by atoms with E-state index in [-0.39, 0.29) is 0 Å². The summed E-state index contributed by atoms with van der Waals surface area (Å²) in [5, 5.41) is 5.22. The van der Waals surface area contributed by atoms with Gasteiger partial charge in [-0.3, -0.25) is 4.57 Å². The Bertz CT molecular complexity index is 1070. The second kappa shape index (κ2) is 6.35. The molecular formula is C19H15ClN4S. The maximum Gasteiger partial charge on any atom is 0.182 e. The highest BCUT2D eigenvalue weighted by Crippen LogP contribution is 2.25. The van der Waals surface area contributed by atoms with E-state index in [1.54, 1.807) is 0 Å². The van der Waals surface area contributed by atoms with Crippen molar-refractivity contribution in [2.75, 3.05) is 0 Å². The van der Waals surface area contributed by atoms with Crippen molar-refractivity contribution >= 4 is 23.8 Å². The molecule has 6 heteroatoms. The Morgan fingerprint density at radius 2 is 1.72 bits per heavy atom. The van der Waals surface area contributed by atoms with Gasteiger partial charge in [-0.1, -0.05) is 29.8 Å². The molecule has 0 unspecified atom stereocenters. The number of imidazole rings is 1. The summed E-state index contributed by atoms with van der Waals surface area (Å²) in [5.41, 5.74) is 4.99. The smallest absolute Gasteiger partial charge is 0.182 e. The Morgan fingerprint density at radius 3 is 2.44 bits per heavy atom. The van der Waals surface area contributed by atoms with Crippen LogP contribution in [0.3, 0.4) is 0 Å². The van der Waals surface area contributed by atoms with Crippen molar-refractivity contribution in [1.29, 1.82) is 0 Å². The van der Waals surface area contributed by atoms with Gasteiger partial charge in [0.15, 0.2) is 4.77 Å². The van der Waals surface area contributed by atoms with Gasteiger partial charge in [0.1, 0.15) is 0 Å². The average Bonchev–Trinajstić information content (AvgIpc) is 3.19. The minimum Gasteiger partial charge on any atom is -0.330 e. The highest BCUT2D eigenvalue weighted by atomic mass is 35.5. The van der Waals surface area contributed by atoms with Crippen LogP contribution in [0, 0.1) is 11.7 Å². The Balaban J connectivity index is 1.77. The van der Waals surface area contributed by atoms with E-state index in [1.807, 2.05) is 83.2 Å². The Labute approximate surface area is 155 Å². The number of aromatic amines is 1. The first-order valence-electron chi connectivity index (χ1n) is 7.81. The first-order valence-corrected chi connectivity index (χ1v) is 8.60. The van der Waals surface area contributed by atoms with E-state index in [4.69, 9.17) is 23.8 Å². The average molecular weight is 367 g/mol. The Kier molecular flexibility index (Phi) is 4.03. The summed E-state index contributed by atoms with van der Waals surface area (Å²) in [6.45, 7) is 2.05. The third-order valence-corrected chi connectivity index (χ3v) is 4.67. The van der Waals surface area contributed by atoms with Crippen molar-refractivity contribution in [3.63, 3.8) is 0 Å². The summed E-state index contributed by atoms with van der Waals surface area (Å²) >= 11 is 11.4. The molecule has 4 rings (SSSR count). The minimum absolute atomic E-state index is 0.629. The number of hydrogen-bond donors (Lipinski definition) is 1. The summed E-state index contributed by atoms with van der Waals surface area (Å²) in [7, 11) is 0. The summed E-state index contributed by atoms with van der Waals surface area (Å²) in [6, 6.07) is 17.6. The number of halogens is 1. The monoisotopic (exact) mass is 366 g/mol. The number of para-hydroxylation sites is 1. The molecule has 0 aliphatic heterocycles. The number of hydrogen-bond acceptors (Lipinski definition) is 2. The topological polar surface area (TPSA) is 38.5 Å². The summed E-state index contributed by atoms with van der Waals surface area (Å²) in [5.74, 6) is 0. The van der Waals surface area contributed by atoms with Crippen LogP contribution in [0.2, 0.25) is 5.02 Å². The van der Waals surface area contributed by atoms with Gasteiger partial charge in [0.25, 0.3) is 0 Å². The molecule has 4 nitrogen and oxygen atoms in total. The number of rotatable bonds is 3. The third kappa shape index (κ3) is 2.92. The molecule has 1 N–H and O–H groups in total. The van der Waals surface area contributed by atoms with Crippen molar-refractivity contribution in [2.24, 2.45) is 0 Å². The quantitative estimate of drug-likeness (QED) is 0.496. The van der Waals surface area contributed by atoms with Crippen molar-refractivity contribution in [3.05, 3.63) is 82.5 Å². The first kappa shape index (κ1) is 15.9. The van der Waals surface area contributed by atoms with Crippen LogP contribution < -0.4 is 0 Å². The van der Waals surface area contributed by atoms with E-state index < -0.39 is 0 Å². The lowest BCUT2D eigenvalue weighted by Gasteiger charge is -2.04. The van der Waals surface area contributed by atoms with E-state index in [0.29, 0.717) is 9.79 Å². The van der Waals surface area contributed by atoms with Gasteiger partial charge in [-0.2, -0.15) is 5.10 Å². The van der Waals surface area contributed by atoms with Crippen molar-refractivity contribution in [3.8, 4) is 22.6 Å². The molecular weight excluding hydrogens is 352 g/mol. The van der Waals surface area contributed by atoms with Crippen LogP contribution in [0.5, 0.6) is 0 Å². The van der Waals surface area contributed by atoms with Crippen LogP contribution in [0.1, 0.15) is 5.69 Å². The summed E-state index contributed by atoms with van der Waals surface area (Å²) in [6.07, 6.45) is 3.85. The van der Waals surface area contributed by atoms with Crippen molar-refractivity contribution in [2.45, 2.75) is 6.92 Å². The summed E-state index contributed by atoms with van der Waals surface area (Å²) < 4.78 is 4.48. The number of nitrogens with zero attached hydrogens (tertiary/aromatic N) is 3. The van der Waals surface area contributed by atoms with E-state index in [9.17, 15) is 0 Å². The number of H-pyrrole nitrogens is 1. The normalized spacial score (nSPS) is 11.0. The molecule has 0 spiro atoms. The fraction of sp³-hybridized carbons (Fsp3) is 0.0526. The molecule has 0 atom stereocenters. The fourth-order valence-corrected chi connectivity index (χ4v) is 3.22. The van der Waals surface area contributed by atoms with Crippen LogP contribution in [-0.4, -0.2) is 19.3 Å². The molecule has 2 aromatic carbocycles. The number of benzene rings is 2. The predicted molar refractivity (Wildman–Crippen MR) is 103 cm³/mol. The zero-order chi connectivity index (χ0) is 17.4. The standard InChI is InChI=1S/C19H15ClN4S/c1-13-17(11-21-24(13)16-5-3-2-4-6-16)18-12-23(19(25)22-18)15-9-7-14(20)8-10-15/h2-12H,1H3,(H,22,25). The molecule has 4 aromatic rings. The molecule has 0 amide bonds. The van der Waals surface area contributed by atoms with Crippen molar-refractivity contribution in [1.82, 2.24) is 19.3 Å². The third-order valence-electron chi connectivity index (χ3n) is 4.12.